The van der Waals surface area contributed by atoms with E-state index in [-0.39, 0.29) is 24.9 Å². The molecule has 0 fully saturated rings. The van der Waals surface area contributed by atoms with Crippen LogP contribution in [0.4, 0.5) is 0 Å². The molecular weight excluding hydrogens is 803 g/mol. The highest BCUT2D eigenvalue weighted by molar-refractivity contribution is 5.77. The molecular formula is C59H109NO5. The number of rotatable bonds is 51. The molecule has 3 unspecified atom stereocenters. The van der Waals surface area contributed by atoms with Crippen LogP contribution in [0.2, 0.25) is 0 Å². The third-order valence-electron chi connectivity index (χ3n) is 12.9. The molecule has 0 aromatic carbocycles. The number of amides is 1. The maximum absolute atomic E-state index is 13.2. The lowest BCUT2D eigenvalue weighted by Gasteiger charge is -2.24. The van der Waals surface area contributed by atoms with Crippen molar-refractivity contribution in [2.75, 3.05) is 6.61 Å². The van der Waals surface area contributed by atoms with Gasteiger partial charge in [-0.05, 0) is 89.9 Å². The molecule has 65 heavy (non-hydrogen) atoms. The first-order valence-electron chi connectivity index (χ1n) is 28.4. The van der Waals surface area contributed by atoms with Crippen LogP contribution >= 0.6 is 0 Å². The van der Waals surface area contributed by atoms with Crippen molar-refractivity contribution >= 4 is 11.9 Å². The van der Waals surface area contributed by atoms with Crippen LogP contribution < -0.4 is 5.32 Å². The molecule has 0 spiro atoms. The van der Waals surface area contributed by atoms with Gasteiger partial charge in [-0.2, -0.15) is 0 Å². The molecule has 3 atom stereocenters. The van der Waals surface area contributed by atoms with Crippen LogP contribution in [0.5, 0.6) is 0 Å². The molecule has 0 rings (SSSR count). The molecule has 0 bridgehead atoms. The zero-order chi connectivity index (χ0) is 47.4. The van der Waals surface area contributed by atoms with Gasteiger partial charge in [-0.1, -0.05) is 236 Å². The van der Waals surface area contributed by atoms with Crippen LogP contribution in [0.15, 0.2) is 48.6 Å². The average Bonchev–Trinajstić information content (AvgIpc) is 3.30. The summed E-state index contributed by atoms with van der Waals surface area (Å²) in [5.41, 5.74) is 0. The van der Waals surface area contributed by atoms with Crippen molar-refractivity contribution in [3.8, 4) is 0 Å². The zero-order valence-electron chi connectivity index (χ0n) is 43.4. The minimum atomic E-state index is -0.799. The lowest BCUT2D eigenvalue weighted by Crippen LogP contribution is -2.46. The van der Waals surface area contributed by atoms with E-state index in [1.165, 1.54) is 173 Å². The van der Waals surface area contributed by atoms with Gasteiger partial charge in [-0.25, -0.2) is 0 Å². The van der Waals surface area contributed by atoms with Gasteiger partial charge in [0.05, 0.1) is 25.2 Å². The van der Waals surface area contributed by atoms with E-state index in [1.54, 1.807) is 0 Å². The molecule has 0 saturated heterocycles. The Morgan fingerprint density at radius 2 is 0.785 bits per heavy atom. The Bertz CT molecular complexity index is 1110. The Morgan fingerprint density at radius 1 is 0.446 bits per heavy atom. The molecule has 0 heterocycles. The van der Waals surface area contributed by atoms with Gasteiger partial charge < -0.3 is 20.3 Å². The molecule has 0 aliphatic heterocycles. The standard InChI is InChI=1S/C59H109NO5/c1-4-7-10-13-16-19-22-25-28-29-31-34-37-40-43-46-49-52-59(64)65-55(50-47-44-41-38-35-32-30-26-23-20-17-14-11-8-5-2)53-58(63)60-56(54-61)57(62)51-48-45-42-39-36-33-27-24-21-18-15-12-9-6-3/h17,20,25-26,28,30,35,38,55-57,61-62H,4-16,18-19,21-24,27,29,31-34,36-37,39-54H2,1-3H3,(H,60,63)/b20-17-,28-25+,30-26-,38-35-. The summed E-state index contributed by atoms with van der Waals surface area (Å²) in [4.78, 5) is 26.2. The summed E-state index contributed by atoms with van der Waals surface area (Å²) in [7, 11) is 0. The van der Waals surface area contributed by atoms with Crippen molar-refractivity contribution in [1.82, 2.24) is 5.32 Å². The number of aliphatic hydroxyl groups is 2. The number of unbranched alkanes of at least 4 members (excludes halogenated alkanes) is 31. The first-order chi connectivity index (χ1) is 32.0. The third kappa shape index (κ3) is 48.1. The summed E-state index contributed by atoms with van der Waals surface area (Å²) in [6.45, 7) is 6.46. The monoisotopic (exact) mass is 912 g/mol. The Hall–Kier alpha value is -2.18. The lowest BCUT2D eigenvalue weighted by molar-refractivity contribution is -0.151. The number of carbonyl (C=O) groups excluding carboxylic acids is 2. The van der Waals surface area contributed by atoms with Crippen molar-refractivity contribution in [2.24, 2.45) is 0 Å². The number of nitrogens with one attached hydrogen (secondary N) is 1. The molecule has 0 aromatic heterocycles. The van der Waals surface area contributed by atoms with Crippen LogP contribution in [0.1, 0.15) is 290 Å². The Balaban J connectivity index is 4.61. The Kier molecular flexibility index (Phi) is 51.0. The number of esters is 1. The van der Waals surface area contributed by atoms with Gasteiger partial charge in [0, 0.05) is 6.42 Å². The second-order valence-electron chi connectivity index (χ2n) is 19.3. The molecule has 0 aliphatic rings. The van der Waals surface area contributed by atoms with Gasteiger partial charge in [0.1, 0.15) is 6.10 Å². The van der Waals surface area contributed by atoms with Crippen molar-refractivity contribution in [1.29, 1.82) is 0 Å². The SMILES string of the molecule is CCCCC/C=C\C/C=C\C/C=C\CCCCC(CC(=O)NC(CO)C(O)CCCCCCCCCCCCCCCC)OC(=O)CCCCCCCCC/C=C/CCCCCCCC. The van der Waals surface area contributed by atoms with Crippen molar-refractivity contribution in [3.05, 3.63) is 48.6 Å². The van der Waals surface area contributed by atoms with Crippen molar-refractivity contribution in [2.45, 2.75) is 309 Å². The molecule has 1 amide bonds. The molecule has 6 heteroatoms. The largest absolute Gasteiger partial charge is 0.462 e. The van der Waals surface area contributed by atoms with Crippen LogP contribution in [0.25, 0.3) is 0 Å². The molecule has 0 aromatic rings. The second kappa shape index (κ2) is 52.8. The van der Waals surface area contributed by atoms with Crippen LogP contribution in [0, 0.1) is 0 Å². The van der Waals surface area contributed by atoms with Gasteiger partial charge in [0.25, 0.3) is 0 Å². The van der Waals surface area contributed by atoms with Gasteiger partial charge in [-0.3, -0.25) is 9.59 Å². The quantitative estimate of drug-likeness (QED) is 0.0321. The van der Waals surface area contributed by atoms with E-state index in [1.807, 2.05) is 0 Å². The van der Waals surface area contributed by atoms with E-state index < -0.39 is 18.2 Å². The summed E-state index contributed by atoms with van der Waals surface area (Å²) in [5.74, 6) is -0.507. The molecule has 6 nitrogen and oxygen atoms in total. The van der Waals surface area contributed by atoms with Crippen LogP contribution in [-0.4, -0.2) is 46.9 Å². The summed E-state index contributed by atoms with van der Waals surface area (Å²) < 4.78 is 5.94. The Labute approximate surface area is 404 Å². The number of allylic oxidation sites excluding steroid dienone is 8. The summed E-state index contributed by atoms with van der Waals surface area (Å²) in [6, 6.07) is -0.715. The molecule has 0 aliphatic carbocycles. The number of hydrogen-bond acceptors (Lipinski definition) is 5. The van der Waals surface area contributed by atoms with Gasteiger partial charge in [0.2, 0.25) is 5.91 Å². The number of hydrogen-bond donors (Lipinski definition) is 3. The second-order valence-corrected chi connectivity index (χ2v) is 19.3. The fourth-order valence-electron chi connectivity index (χ4n) is 8.55. The fraction of sp³-hybridized carbons (Fsp3) is 0.831. The predicted octanol–water partition coefficient (Wildman–Crippen LogP) is 17.4. The summed E-state index contributed by atoms with van der Waals surface area (Å²) in [5, 5.41) is 23.8. The Morgan fingerprint density at radius 3 is 1.25 bits per heavy atom. The number of aliphatic hydroxyl groups excluding tert-OH is 2. The van der Waals surface area contributed by atoms with E-state index in [2.05, 4.69) is 74.7 Å². The molecule has 380 valence electrons. The van der Waals surface area contributed by atoms with Gasteiger partial charge in [0.15, 0.2) is 0 Å². The van der Waals surface area contributed by atoms with E-state index in [9.17, 15) is 19.8 Å². The average molecular weight is 913 g/mol. The van der Waals surface area contributed by atoms with E-state index >= 15 is 0 Å². The zero-order valence-corrected chi connectivity index (χ0v) is 43.4. The van der Waals surface area contributed by atoms with E-state index in [0.717, 1.165) is 70.6 Å². The van der Waals surface area contributed by atoms with Crippen LogP contribution in [0.3, 0.4) is 0 Å². The fourth-order valence-corrected chi connectivity index (χ4v) is 8.55. The number of carbonyl (C=O) groups is 2. The number of ether oxygens (including phenoxy) is 1. The summed E-state index contributed by atoms with van der Waals surface area (Å²) in [6.07, 6.45) is 64.6. The van der Waals surface area contributed by atoms with Gasteiger partial charge >= 0.3 is 5.97 Å². The molecule has 3 N–H and O–H groups in total. The molecule has 0 saturated carbocycles. The normalized spacial score (nSPS) is 13.5. The maximum atomic E-state index is 13.2. The molecule has 0 radical (unpaired) electrons. The summed E-state index contributed by atoms with van der Waals surface area (Å²) >= 11 is 0. The van der Waals surface area contributed by atoms with Gasteiger partial charge in [-0.15, -0.1) is 0 Å². The minimum absolute atomic E-state index is 0.0513. The highest BCUT2D eigenvalue weighted by Crippen LogP contribution is 2.18. The van der Waals surface area contributed by atoms with E-state index in [4.69, 9.17) is 4.74 Å². The first-order valence-corrected chi connectivity index (χ1v) is 28.4. The topological polar surface area (TPSA) is 95.9 Å². The third-order valence-corrected chi connectivity index (χ3v) is 12.9. The first kappa shape index (κ1) is 62.8. The smallest absolute Gasteiger partial charge is 0.306 e. The highest BCUT2D eigenvalue weighted by atomic mass is 16.5. The predicted molar refractivity (Wildman–Crippen MR) is 282 cm³/mol. The maximum Gasteiger partial charge on any atom is 0.306 e. The van der Waals surface area contributed by atoms with Crippen LogP contribution in [-0.2, 0) is 14.3 Å². The van der Waals surface area contributed by atoms with E-state index in [0.29, 0.717) is 19.3 Å². The highest BCUT2D eigenvalue weighted by Gasteiger charge is 2.24. The van der Waals surface area contributed by atoms with Crippen molar-refractivity contribution in [3.63, 3.8) is 0 Å². The van der Waals surface area contributed by atoms with Crippen molar-refractivity contribution < 1.29 is 24.5 Å². The lowest BCUT2D eigenvalue weighted by atomic mass is 10.0. The minimum Gasteiger partial charge on any atom is -0.462 e.